The summed E-state index contributed by atoms with van der Waals surface area (Å²) in [6.07, 6.45) is -4.44. The summed E-state index contributed by atoms with van der Waals surface area (Å²) in [6, 6.07) is 9.49. The maximum Gasteiger partial charge on any atom is 0.416 e. The number of nitrogens with one attached hydrogen (secondary N) is 2. The highest BCUT2D eigenvalue weighted by Crippen LogP contribution is 2.30. The van der Waals surface area contributed by atoms with Gasteiger partial charge in [-0.05, 0) is 42.8 Å². The lowest BCUT2D eigenvalue weighted by Crippen LogP contribution is -2.26. The van der Waals surface area contributed by atoms with Gasteiger partial charge in [0.05, 0.1) is 27.9 Å². The maximum atomic E-state index is 12.6. The molecule has 0 fully saturated rings. The molecule has 9 heteroatoms. The highest BCUT2D eigenvalue weighted by atomic mass is 35.5. The average Bonchev–Trinajstić information content (AvgIpc) is 2.59. The van der Waals surface area contributed by atoms with Crippen molar-refractivity contribution in [2.24, 2.45) is 5.10 Å². The second-order valence-corrected chi connectivity index (χ2v) is 6.11. The molecule has 2 aromatic rings. The molecule has 0 aliphatic heterocycles. The molecule has 2 N–H and O–H groups in total. The van der Waals surface area contributed by atoms with Crippen LogP contribution in [0.25, 0.3) is 0 Å². The molecule has 0 saturated carbocycles. The number of amides is 1. The Kier molecular flexibility index (Phi) is 6.50. The van der Waals surface area contributed by atoms with Crippen molar-refractivity contribution in [3.8, 4) is 0 Å². The molecule has 0 radical (unpaired) electrons. The zero-order chi connectivity index (χ0) is 19.3. The van der Waals surface area contributed by atoms with E-state index in [1.807, 2.05) is 0 Å². The van der Waals surface area contributed by atoms with Gasteiger partial charge in [-0.2, -0.15) is 18.3 Å². The molecule has 0 aliphatic carbocycles. The first-order valence-electron chi connectivity index (χ1n) is 7.36. The zero-order valence-electron chi connectivity index (χ0n) is 13.5. The van der Waals surface area contributed by atoms with E-state index in [9.17, 15) is 18.0 Å². The summed E-state index contributed by atoms with van der Waals surface area (Å²) in [7, 11) is 0. The second kappa shape index (κ2) is 8.42. The Morgan fingerprint density at radius 2 is 1.85 bits per heavy atom. The first-order valence-corrected chi connectivity index (χ1v) is 8.12. The van der Waals surface area contributed by atoms with Gasteiger partial charge < -0.3 is 5.32 Å². The Morgan fingerprint density at radius 3 is 2.50 bits per heavy atom. The second-order valence-electron chi connectivity index (χ2n) is 5.29. The van der Waals surface area contributed by atoms with Gasteiger partial charge in [-0.25, -0.2) is 5.43 Å². The molecule has 0 aromatic heterocycles. The van der Waals surface area contributed by atoms with E-state index in [0.717, 1.165) is 12.1 Å². The van der Waals surface area contributed by atoms with Gasteiger partial charge in [-0.1, -0.05) is 35.3 Å². The molecule has 0 bridgehead atoms. The van der Waals surface area contributed by atoms with Crippen LogP contribution in [0, 0.1) is 0 Å². The van der Waals surface area contributed by atoms with Gasteiger partial charge in [0.25, 0.3) is 5.91 Å². The summed E-state index contributed by atoms with van der Waals surface area (Å²) >= 11 is 11.7. The minimum Gasteiger partial charge on any atom is -0.376 e. The van der Waals surface area contributed by atoms with Gasteiger partial charge in [-0.15, -0.1) is 0 Å². The Balaban J connectivity index is 1.93. The Bertz CT molecular complexity index is 838. The van der Waals surface area contributed by atoms with Gasteiger partial charge >= 0.3 is 6.18 Å². The van der Waals surface area contributed by atoms with Gasteiger partial charge in [0.2, 0.25) is 0 Å². The van der Waals surface area contributed by atoms with Crippen molar-refractivity contribution >= 4 is 40.5 Å². The SMILES string of the molecule is C/C(=N\NC(=O)CNc1cccc(C(F)(F)F)c1)c1ccc(Cl)c(Cl)c1. The minimum absolute atomic E-state index is 0.181. The monoisotopic (exact) mass is 403 g/mol. The summed E-state index contributed by atoms with van der Waals surface area (Å²) in [4.78, 5) is 11.8. The molecule has 0 aliphatic rings. The molecule has 0 unspecified atom stereocenters. The fraction of sp³-hybridized carbons (Fsp3) is 0.176. The number of benzene rings is 2. The largest absolute Gasteiger partial charge is 0.416 e. The van der Waals surface area contributed by atoms with Gasteiger partial charge in [0.1, 0.15) is 0 Å². The van der Waals surface area contributed by atoms with E-state index < -0.39 is 17.6 Å². The van der Waals surface area contributed by atoms with Gasteiger partial charge in [0, 0.05) is 5.69 Å². The molecule has 0 saturated heterocycles. The first kappa shape index (κ1) is 20.1. The Labute approximate surface area is 158 Å². The fourth-order valence-corrected chi connectivity index (χ4v) is 2.26. The van der Waals surface area contributed by atoms with Gasteiger partial charge in [-0.3, -0.25) is 4.79 Å². The van der Waals surface area contributed by atoms with Crippen molar-refractivity contribution in [2.75, 3.05) is 11.9 Å². The number of carbonyl (C=O) groups excluding carboxylic acids is 1. The molecule has 4 nitrogen and oxygen atoms in total. The lowest BCUT2D eigenvalue weighted by Gasteiger charge is -2.10. The van der Waals surface area contributed by atoms with Crippen LogP contribution in [0.1, 0.15) is 18.1 Å². The topological polar surface area (TPSA) is 53.5 Å². The van der Waals surface area contributed by atoms with Crippen LogP contribution in [0.15, 0.2) is 47.6 Å². The molecule has 0 spiro atoms. The van der Waals surface area contributed by atoms with Crippen LogP contribution in [0.2, 0.25) is 10.0 Å². The molecule has 26 heavy (non-hydrogen) atoms. The van der Waals surface area contributed by atoms with E-state index >= 15 is 0 Å². The molecule has 0 atom stereocenters. The van der Waals surface area contributed by atoms with Crippen LogP contribution in [-0.4, -0.2) is 18.2 Å². The standard InChI is InChI=1S/C17H14Cl2F3N3O/c1-10(11-5-6-14(18)15(19)7-11)24-25-16(26)9-23-13-4-2-3-12(8-13)17(20,21)22/h2-8,23H,9H2,1H3,(H,25,26)/b24-10+. The van der Waals surface area contributed by atoms with E-state index in [0.29, 0.717) is 21.3 Å². The van der Waals surface area contributed by atoms with Crippen molar-refractivity contribution in [3.63, 3.8) is 0 Å². The number of hydrogen-bond donors (Lipinski definition) is 2. The molecule has 0 heterocycles. The Hall–Kier alpha value is -2.25. The van der Waals surface area contributed by atoms with Crippen molar-refractivity contribution in [1.29, 1.82) is 0 Å². The van der Waals surface area contributed by atoms with Crippen molar-refractivity contribution in [2.45, 2.75) is 13.1 Å². The fourth-order valence-electron chi connectivity index (χ4n) is 1.96. The smallest absolute Gasteiger partial charge is 0.376 e. The Morgan fingerprint density at radius 1 is 1.12 bits per heavy atom. The molecule has 2 rings (SSSR count). The van der Waals surface area contributed by atoms with Crippen LogP contribution < -0.4 is 10.7 Å². The summed E-state index contributed by atoms with van der Waals surface area (Å²) < 4.78 is 37.9. The quantitative estimate of drug-likeness (QED) is 0.547. The van der Waals surface area contributed by atoms with E-state index in [4.69, 9.17) is 23.2 Å². The molecule has 1 amide bonds. The number of hydrogen-bond acceptors (Lipinski definition) is 3. The highest BCUT2D eigenvalue weighted by molar-refractivity contribution is 6.42. The van der Waals surface area contributed by atoms with Crippen LogP contribution in [-0.2, 0) is 11.0 Å². The third-order valence-corrected chi connectivity index (χ3v) is 4.07. The van der Waals surface area contributed by atoms with E-state index in [1.54, 1.807) is 25.1 Å². The third-order valence-electron chi connectivity index (χ3n) is 3.33. The number of hydrazone groups is 1. The first-order chi connectivity index (χ1) is 12.2. The van der Waals surface area contributed by atoms with Crippen LogP contribution >= 0.6 is 23.2 Å². The van der Waals surface area contributed by atoms with Crippen molar-refractivity contribution in [1.82, 2.24) is 5.43 Å². The zero-order valence-corrected chi connectivity index (χ0v) is 15.0. The summed E-state index contributed by atoms with van der Waals surface area (Å²) in [5.41, 5.74) is 2.87. The van der Waals surface area contributed by atoms with Crippen LogP contribution in [0.5, 0.6) is 0 Å². The number of halogens is 5. The summed E-state index contributed by atoms with van der Waals surface area (Å²) in [5.74, 6) is -0.512. The number of alkyl halides is 3. The highest BCUT2D eigenvalue weighted by Gasteiger charge is 2.30. The average molecular weight is 404 g/mol. The van der Waals surface area contributed by atoms with Crippen LogP contribution in [0.4, 0.5) is 18.9 Å². The summed E-state index contributed by atoms with van der Waals surface area (Å²) in [5, 5.41) is 7.30. The van der Waals surface area contributed by atoms with E-state index in [-0.39, 0.29) is 12.2 Å². The number of anilines is 1. The molecule has 2 aromatic carbocycles. The third kappa shape index (κ3) is 5.64. The lowest BCUT2D eigenvalue weighted by atomic mass is 10.1. The van der Waals surface area contributed by atoms with Gasteiger partial charge in [0.15, 0.2) is 0 Å². The normalized spacial score (nSPS) is 12.0. The minimum atomic E-state index is -4.44. The molecular weight excluding hydrogens is 390 g/mol. The van der Waals surface area contributed by atoms with Crippen LogP contribution in [0.3, 0.4) is 0 Å². The molecular formula is C17H14Cl2F3N3O. The lowest BCUT2D eigenvalue weighted by molar-refractivity contribution is -0.137. The summed E-state index contributed by atoms with van der Waals surface area (Å²) in [6.45, 7) is 1.43. The van der Waals surface area contributed by atoms with E-state index in [2.05, 4.69) is 15.8 Å². The van der Waals surface area contributed by atoms with Crippen molar-refractivity contribution < 1.29 is 18.0 Å². The maximum absolute atomic E-state index is 12.6. The van der Waals surface area contributed by atoms with E-state index in [1.165, 1.54) is 12.1 Å². The predicted octanol–water partition coefficient (Wildman–Crippen LogP) is 4.96. The number of carbonyl (C=O) groups is 1. The number of nitrogens with zero attached hydrogens (tertiary/aromatic N) is 1. The molecule has 138 valence electrons. The predicted molar refractivity (Wildman–Crippen MR) is 96.7 cm³/mol. The number of rotatable bonds is 5. The van der Waals surface area contributed by atoms with Crippen molar-refractivity contribution in [3.05, 3.63) is 63.6 Å².